The number of likely N-dealkylation sites (tertiary alicyclic amines) is 1. The number of nitrogens with two attached hydrogens (primary N) is 1. The highest BCUT2D eigenvalue weighted by Crippen LogP contribution is 2.46. The van der Waals surface area contributed by atoms with Crippen molar-refractivity contribution in [2.45, 2.75) is 44.9 Å². The quantitative estimate of drug-likeness (QED) is 0.913. The van der Waals surface area contributed by atoms with Crippen LogP contribution in [0.15, 0.2) is 5.38 Å². The van der Waals surface area contributed by atoms with Gasteiger partial charge in [-0.1, -0.05) is 12.8 Å². The molecule has 0 amide bonds. The smallest absolute Gasteiger partial charge is 0.180 e. The predicted octanol–water partition coefficient (Wildman–Crippen LogP) is 2.92. The Balaban J connectivity index is 1.45. The number of aromatic nitrogens is 1. The van der Waals surface area contributed by atoms with Crippen molar-refractivity contribution in [3.63, 3.8) is 0 Å². The molecule has 0 unspecified atom stereocenters. The van der Waals surface area contributed by atoms with E-state index in [1.165, 1.54) is 57.3 Å². The molecule has 0 aromatic carbocycles. The summed E-state index contributed by atoms with van der Waals surface area (Å²) in [6, 6.07) is 0. The van der Waals surface area contributed by atoms with Gasteiger partial charge >= 0.3 is 0 Å². The first-order chi connectivity index (χ1) is 8.76. The van der Waals surface area contributed by atoms with Crippen LogP contribution in [-0.2, 0) is 6.42 Å². The largest absolute Gasteiger partial charge is 0.375 e. The fourth-order valence-electron chi connectivity index (χ4n) is 3.59. The molecule has 2 N–H and O–H groups in total. The number of hydrogen-bond donors (Lipinski definition) is 1. The van der Waals surface area contributed by atoms with E-state index in [4.69, 9.17) is 5.73 Å². The number of nitrogen functional groups attached to an aromatic ring is 1. The zero-order valence-electron chi connectivity index (χ0n) is 11.0. The minimum absolute atomic E-state index is 0.702. The number of hydrogen-bond acceptors (Lipinski definition) is 4. The van der Waals surface area contributed by atoms with Crippen LogP contribution in [0.1, 0.15) is 44.2 Å². The molecule has 1 saturated heterocycles. The lowest BCUT2D eigenvalue weighted by atomic mass is 9.77. The van der Waals surface area contributed by atoms with Crippen LogP contribution in [0, 0.1) is 5.41 Å². The van der Waals surface area contributed by atoms with Crippen molar-refractivity contribution >= 4 is 16.5 Å². The van der Waals surface area contributed by atoms with Crippen molar-refractivity contribution in [3.05, 3.63) is 11.1 Å². The average molecular weight is 265 g/mol. The third-order valence-corrected chi connectivity index (χ3v) is 5.56. The van der Waals surface area contributed by atoms with Crippen LogP contribution in [0.5, 0.6) is 0 Å². The first kappa shape index (κ1) is 12.4. The molecule has 3 rings (SSSR count). The molecule has 2 fully saturated rings. The van der Waals surface area contributed by atoms with Gasteiger partial charge in [-0.3, -0.25) is 0 Å². The minimum Gasteiger partial charge on any atom is -0.375 e. The van der Waals surface area contributed by atoms with Crippen molar-refractivity contribution in [1.29, 1.82) is 0 Å². The molecule has 1 saturated carbocycles. The third kappa shape index (κ3) is 2.69. The van der Waals surface area contributed by atoms with E-state index in [0.717, 1.165) is 18.4 Å². The van der Waals surface area contributed by atoms with Crippen LogP contribution in [0.4, 0.5) is 5.13 Å². The standard InChI is InChI=1S/C14H23N3S/c15-13-16-12(11-18-13)3-8-17-9-6-14(7-10-17)4-1-2-5-14/h11H,1-10H2,(H2,15,16). The molecule has 1 aliphatic carbocycles. The van der Waals surface area contributed by atoms with Crippen LogP contribution >= 0.6 is 11.3 Å². The van der Waals surface area contributed by atoms with E-state index >= 15 is 0 Å². The Kier molecular flexibility index (Phi) is 3.57. The van der Waals surface area contributed by atoms with Gasteiger partial charge in [-0.2, -0.15) is 0 Å². The summed E-state index contributed by atoms with van der Waals surface area (Å²) in [5, 5.41) is 2.80. The molecule has 2 aliphatic rings. The second-order valence-electron chi connectivity index (χ2n) is 5.98. The van der Waals surface area contributed by atoms with Gasteiger partial charge in [-0.25, -0.2) is 4.98 Å². The first-order valence-corrected chi connectivity index (χ1v) is 8.06. The van der Waals surface area contributed by atoms with E-state index < -0.39 is 0 Å². The maximum absolute atomic E-state index is 5.66. The molecule has 0 atom stereocenters. The highest BCUT2D eigenvalue weighted by Gasteiger charge is 2.36. The summed E-state index contributed by atoms with van der Waals surface area (Å²) in [5.41, 5.74) is 7.56. The van der Waals surface area contributed by atoms with Gasteiger partial charge in [0, 0.05) is 18.3 Å². The van der Waals surface area contributed by atoms with Gasteiger partial charge in [-0.15, -0.1) is 11.3 Å². The average Bonchev–Trinajstić information content (AvgIpc) is 2.99. The van der Waals surface area contributed by atoms with Crippen LogP contribution in [0.25, 0.3) is 0 Å². The van der Waals surface area contributed by atoms with E-state index in [1.54, 1.807) is 11.3 Å². The molecule has 100 valence electrons. The van der Waals surface area contributed by atoms with E-state index in [1.807, 2.05) is 0 Å². The number of nitrogens with zero attached hydrogens (tertiary/aromatic N) is 2. The van der Waals surface area contributed by atoms with E-state index in [0.29, 0.717) is 5.13 Å². The molecule has 1 aliphatic heterocycles. The number of rotatable bonds is 3. The Labute approximate surface area is 113 Å². The Morgan fingerprint density at radius 3 is 2.56 bits per heavy atom. The summed E-state index contributed by atoms with van der Waals surface area (Å²) in [4.78, 5) is 6.95. The monoisotopic (exact) mass is 265 g/mol. The van der Waals surface area contributed by atoms with Crippen molar-refractivity contribution in [3.8, 4) is 0 Å². The lowest BCUT2D eigenvalue weighted by molar-refractivity contribution is 0.109. The lowest BCUT2D eigenvalue weighted by Crippen LogP contribution is -2.39. The van der Waals surface area contributed by atoms with Gasteiger partial charge in [0.15, 0.2) is 5.13 Å². The molecule has 1 aromatic heterocycles. The van der Waals surface area contributed by atoms with Gasteiger partial charge in [-0.05, 0) is 44.2 Å². The van der Waals surface area contributed by atoms with Gasteiger partial charge < -0.3 is 10.6 Å². The van der Waals surface area contributed by atoms with Crippen molar-refractivity contribution in [2.24, 2.45) is 5.41 Å². The molecule has 0 bridgehead atoms. The summed E-state index contributed by atoms with van der Waals surface area (Å²) >= 11 is 1.55. The van der Waals surface area contributed by atoms with Crippen molar-refractivity contribution in [1.82, 2.24) is 9.88 Å². The maximum atomic E-state index is 5.66. The van der Waals surface area contributed by atoms with Gasteiger partial charge in [0.25, 0.3) is 0 Å². The molecule has 4 heteroatoms. The summed E-state index contributed by atoms with van der Waals surface area (Å²) in [6.07, 6.45) is 9.82. The fourth-order valence-corrected chi connectivity index (χ4v) is 4.18. The summed E-state index contributed by atoms with van der Waals surface area (Å²) in [5.74, 6) is 0. The number of piperidine rings is 1. The Morgan fingerprint density at radius 1 is 1.22 bits per heavy atom. The number of thiazole rings is 1. The van der Waals surface area contributed by atoms with Crippen LogP contribution < -0.4 is 5.73 Å². The van der Waals surface area contributed by atoms with Crippen molar-refractivity contribution < 1.29 is 0 Å². The second-order valence-corrected chi connectivity index (χ2v) is 6.87. The summed E-state index contributed by atoms with van der Waals surface area (Å²) < 4.78 is 0. The van der Waals surface area contributed by atoms with Gasteiger partial charge in [0.2, 0.25) is 0 Å². The Hall–Kier alpha value is -0.610. The maximum Gasteiger partial charge on any atom is 0.180 e. The Morgan fingerprint density at radius 2 is 1.94 bits per heavy atom. The van der Waals surface area contributed by atoms with Crippen LogP contribution in [-0.4, -0.2) is 29.5 Å². The van der Waals surface area contributed by atoms with Crippen LogP contribution in [0.3, 0.4) is 0 Å². The molecule has 18 heavy (non-hydrogen) atoms. The molecule has 0 radical (unpaired) electrons. The molecule has 2 heterocycles. The van der Waals surface area contributed by atoms with E-state index in [2.05, 4.69) is 15.3 Å². The second kappa shape index (κ2) is 5.17. The lowest BCUT2D eigenvalue weighted by Gasteiger charge is -2.39. The van der Waals surface area contributed by atoms with E-state index in [9.17, 15) is 0 Å². The fraction of sp³-hybridized carbons (Fsp3) is 0.786. The molecular formula is C14H23N3S. The number of anilines is 1. The molecule has 1 spiro atoms. The third-order valence-electron chi connectivity index (χ3n) is 4.83. The summed E-state index contributed by atoms with van der Waals surface area (Å²) in [7, 11) is 0. The normalized spacial score (nSPS) is 23.8. The first-order valence-electron chi connectivity index (χ1n) is 7.18. The van der Waals surface area contributed by atoms with Gasteiger partial charge in [0.05, 0.1) is 5.69 Å². The molecule has 3 nitrogen and oxygen atoms in total. The molecule has 1 aromatic rings. The topological polar surface area (TPSA) is 42.1 Å². The molecular weight excluding hydrogens is 242 g/mol. The summed E-state index contributed by atoms with van der Waals surface area (Å²) in [6.45, 7) is 3.73. The minimum atomic E-state index is 0.702. The highest BCUT2D eigenvalue weighted by molar-refractivity contribution is 7.13. The van der Waals surface area contributed by atoms with Crippen LogP contribution in [0.2, 0.25) is 0 Å². The zero-order valence-corrected chi connectivity index (χ0v) is 11.8. The highest BCUT2D eigenvalue weighted by atomic mass is 32.1. The van der Waals surface area contributed by atoms with Gasteiger partial charge in [0.1, 0.15) is 0 Å². The zero-order chi connectivity index (χ0) is 12.4. The SMILES string of the molecule is Nc1nc(CCN2CCC3(CCCC3)CC2)cs1. The van der Waals surface area contributed by atoms with E-state index in [-0.39, 0.29) is 0 Å². The van der Waals surface area contributed by atoms with Crippen molar-refractivity contribution in [2.75, 3.05) is 25.4 Å². The predicted molar refractivity (Wildman–Crippen MR) is 76.8 cm³/mol. The Bertz CT molecular complexity index is 385.